The van der Waals surface area contributed by atoms with Gasteiger partial charge in [-0.25, -0.2) is 27.7 Å². The zero-order valence-electron chi connectivity index (χ0n) is 22.6. The number of pyridine rings is 2. The highest BCUT2D eigenvalue weighted by Crippen LogP contribution is 2.32. The number of anilines is 1. The molecule has 4 heterocycles. The topological polar surface area (TPSA) is 165 Å². The van der Waals surface area contributed by atoms with Gasteiger partial charge < -0.3 is 19.9 Å². The number of nitrogens with zero attached hydrogens (tertiary/aromatic N) is 4. The van der Waals surface area contributed by atoms with Crippen molar-refractivity contribution in [1.29, 1.82) is 0 Å². The van der Waals surface area contributed by atoms with Crippen LogP contribution in [0.1, 0.15) is 42.5 Å². The maximum atomic E-state index is 14.4. The van der Waals surface area contributed by atoms with Crippen LogP contribution in [0.3, 0.4) is 0 Å². The number of amides is 3. The normalized spacial score (nSPS) is 15.6. The minimum absolute atomic E-state index is 0.0550. The highest BCUT2D eigenvalue weighted by molar-refractivity contribution is 7.89. The van der Waals surface area contributed by atoms with Crippen molar-refractivity contribution in [3.8, 4) is 0 Å². The van der Waals surface area contributed by atoms with Crippen LogP contribution in [0.4, 0.5) is 28.0 Å². The summed E-state index contributed by atoms with van der Waals surface area (Å²) >= 11 is 0. The van der Waals surface area contributed by atoms with Crippen LogP contribution in [0.2, 0.25) is 0 Å². The van der Waals surface area contributed by atoms with Crippen LogP contribution >= 0.6 is 0 Å². The molecule has 3 N–H and O–H groups in total. The summed E-state index contributed by atoms with van der Waals surface area (Å²) in [5.74, 6) is -2.50. The maximum Gasteiger partial charge on any atom is 0.417 e. The van der Waals surface area contributed by atoms with Crippen LogP contribution < -0.4 is 10.5 Å². The summed E-state index contributed by atoms with van der Waals surface area (Å²) in [5.41, 5.74) is -1.52. The summed E-state index contributed by atoms with van der Waals surface area (Å²) in [6.45, 7) is 4.47. The number of nitrogens with two attached hydrogens (primary N) is 1. The van der Waals surface area contributed by atoms with Gasteiger partial charge in [0.1, 0.15) is 17.2 Å². The number of alkyl halides is 3. The Morgan fingerprint density at radius 1 is 1.00 bits per heavy atom. The second-order valence-corrected chi connectivity index (χ2v) is 12.3. The molecule has 2 aromatic rings. The van der Waals surface area contributed by atoms with E-state index in [0.29, 0.717) is 23.4 Å². The number of hydrogen-bond acceptors (Lipinski definition) is 8. The first-order chi connectivity index (χ1) is 19.3. The first kappa shape index (κ1) is 30.8. The first-order valence-corrected chi connectivity index (χ1v) is 13.9. The molecule has 0 radical (unpaired) electrons. The minimum Gasteiger partial charge on any atom is -0.443 e. The smallest absolute Gasteiger partial charge is 0.417 e. The Balaban J connectivity index is 1.37. The molecule has 2 aromatic heterocycles. The van der Waals surface area contributed by atoms with Gasteiger partial charge in [-0.15, -0.1) is 0 Å². The van der Waals surface area contributed by atoms with Gasteiger partial charge in [0.05, 0.1) is 11.3 Å². The van der Waals surface area contributed by atoms with Gasteiger partial charge in [-0.1, -0.05) is 20.8 Å². The third-order valence-electron chi connectivity index (χ3n) is 6.48. The molecule has 226 valence electrons. The monoisotopic (exact) mass is 614 g/mol. The molecule has 0 aromatic carbocycles. The van der Waals surface area contributed by atoms with Crippen molar-refractivity contribution in [2.45, 2.75) is 38.4 Å². The van der Waals surface area contributed by atoms with E-state index in [4.69, 9.17) is 9.88 Å². The molecule has 0 bridgehead atoms. The van der Waals surface area contributed by atoms with Crippen LogP contribution in [0.5, 0.6) is 0 Å². The summed E-state index contributed by atoms with van der Waals surface area (Å²) in [6, 6.07) is 1.33. The van der Waals surface area contributed by atoms with Crippen LogP contribution in [0.15, 0.2) is 40.6 Å². The van der Waals surface area contributed by atoms with E-state index in [-0.39, 0.29) is 37.6 Å². The van der Waals surface area contributed by atoms with E-state index >= 15 is 0 Å². The molecule has 12 nitrogen and oxygen atoms in total. The van der Waals surface area contributed by atoms with Crippen molar-refractivity contribution in [3.05, 3.63) is 58.4 Å². The molecule has 0 unspecified atom stereocenters. The first-order valence-electron chi connectivity index (χ1n) is 12.3. The van der Waals surface area contributed by atoms with Crippen LogP contribution in [0, 0.1) is 11.2 Å². The van der Waals surface area contributed by atoms with Crippen molar-refractivity contribution >= 4 is 33.6 Å². The van der Waals surface area contributed by atoms with E-state index in [1.807, 2.05) is 0 Å². The van der Waals surface area contributed by atoms with E-state index in [2.05, 4.69) is 15.3 Å². The molecule has 3 amide bonds. The van der Waals surface area contributed by atoms with Crippen molar-refractivity contribution in [1.82, 2.24) is 19.8 Å². The Kier molecular flexibility index (Phi) is 8.03. The molecule has 2 aliphatic heterocycles. The highest BCUT2D eigenvalue weighted by Gasteiger charge is 2.37. The van der Waals surface area contributed by atoms with Gasteiger partial charge in [0.25, 0.3) is 5.91 Å². The molecule has 0 atom stereocenters. The fourth-order valence-corrected chi connectivity index (χ4v) is 4.61. The average molecular weight is 615 g/mol. The highest BCUT2D eigenvalue weighted by atomic mass is 32.2. The number of carbonyl (C=O) groups excluding carboxylic acids is 3. The fourth-order valence-electron chi connectivity index (χ4n) is 4.14. The second kappa shape index (κ2) is 10.9. The second-order valence-electron chi connectivity index (χ2n) is 10.7. The Hall–Kier alpha value is -4.12. The van der Waals surface area contributed by atoms with E-state index in [1.165, 1.54) is 9.80 Å². The van der Waals surface area contributed by atoms with Crippen molar-refractivity contribution in [3.63, 3.8) is 0 Å². The Morgan fingerprint density at radius 3 is 2.12 bits per heavy atom. The summed E-state index contributed by atoms with van der Waals surface area (Å²) in [4.78, 5) is 47.3. The molecule has 4 rings (SSSR count). The lowest BCUT2D eigenvalue weighted by Crippen LogP contribution is -2.37. The number of aromatic nitrogens is 2. The molecule has 0 fully saturated rings. The Bertz CT molecular complexity index is 1590. The Morgan fingerprint density at radius 2 is 1.60 bits per heavy atom. The molecule has 17 heteroatoms. The molecule has 0 saturated heterocycles. The Labute approximate surface area is 237 Å². The number of rotatable bonds is 5. The number of halogens is 4. The van der Waals surface area contributed by atoms with Crippen molar-refractivity contribution in [2.75, 3.05) is 31.5 Å². The van der Waals surface area contributed by atoms with Crippen molar-refractivity contribution < 1.29 is 45.1 Å². The lowest BCUT2D eigenvalue weighted by Gasteiger charge is -2.23. The van der Waals surface area contributed by atoms with Gasteiger partial charge in [0, 0.05) is 44.0 Å². The van der Waals surface area contributed by atoms with E-state index in [9.17, 15) is 40.4 Å². The van der Waals surface area contributed by atoms with Crippen LogP contribution in [0.25, 0.3) is 0 Å². The standard InChI is InChI=1S/C25H26F4N6O6S/c1-24(2,3)22(37)33-18-4-15(25(27,28)29)6-31-19(18)12-41-23(38)35-10-13-8-34(9-14(13)11-35)21(36)20-17(26)5-16(7-32-20)42(30,39)40/h4-7H,8-12H2,1-3H3,(H,33,37)(H2,30,39,40). The predicted octanol–water partition coefficient (Wildman–Crippen LogP) is 2.67. The molecule has 0 spiro atoms. The largest absolute Gasteiger partial charge is 0.443 e. The zero-order valence-corrected chi connectivity index (χ0v) is 23.4. The lowest BCUT2D eigenvalue weighted by molar-refractivity contribution is -0.137. The van der Waals surface area contributed by atoms with Crippen LogP contribution in [-0.2, 0) is 32.3 Å². The maximum absolute atomic E-state index is 14.4. The third kappa shape index (κ3) is 6.67. The zero-order chi connectivity index (χ0) is 31.2. The number of sulfonamides is 1. The van der Waals surface area contributed by atoms with Gasteiger partial charge >= 0.3 is 12.3 Å². The molecule has 42 heavy (non-hydrogen) atoms. The van der Waals surface area contributed by atoms with E-state index in [0.717, 1.165) is 12.3 Å². The predicted molar refractivity (Wildman–Crippen MR) is 138 cm³/mol. The number of carbonyl (C=O) groups is 3. The summed E-state index contributed by atoms with van der Waals surface area (Å²) < 4.78 is 82.1. The molecule has 0 saturated carbocycles. The SMILES string of the molecule is CC(C)(C)C(=O)Nc1cc(C(F)(F)F)cnc1COC(=O)N1CC2=C(C1)CN(C(=O)c1ncc(S(N)(=O)=O)cc1F)C2. The summed E-state index contributed by atoms with van der Waals surface area (Å²) in [6.07, 6.45) is -4.15. The summed E-state index contributed by atoms with van der Waals surface area (Å²) in [7, 11) is -4.21. The molecule has 2 aliphatic rings. The number of hydrogen-bond donors (Lipinski definition) is 2. The average Bonchev–Trinajstić information content (AvgIpc) is 3.45. The fraction of sp³-hybridized carbons (Fsp3) is 0.400. The summed E-state index contributed by atoms with van der Waals surface area (Å²) in [5, 5.41) is 7.36. The minimum atomic E-state index is -4.71. The van der Waals surface area contributed by atoms with E-state index < -0.39 is 68.1 Å². The van der Waals surface area contributed by atoms with Gasteiger partial charge in [-0.3, -0.25) is 14.6 Å². The van der Waals surface area contributed by atoms with Gasteiger partial charge in [-0.05, 0) is 23.3 Å². The van der Waals surface area contributed by atoms with Gasteiger partial charge in [0.2, 0.25) is 15.9 Å². The van der Waals surface area contributed by atoms with E-state index in [1.54, 1.807) is 20.8 Å². The number of primary sulfonamides is 1. The number of ether oxygens (including phenoxy) is 1. The van der Waals surface area contributed by atoms with Crippen LogP contribution in [-0.4, -0.2) is 72.3 Å². The molecular weight excluding hydrogens is 588 g/mol. The quantitative estimate of drug-likeness (QED) is 0.383. The van der Waals surface area contributed by atoms with Gasteiger partial charge in [0.15, 0.2) is 11.5 Å². The molecular formula is C25H26F4N6O6S. The third-order valence-corrected chi connectivity index (χ3v) is 7.36. The lowest BCUT2D eigenvalue weighted by atomic mass is 9.95. The van der Waals surface area contributed by atoms with Gasteiger partial charge in [-0.2, -0.15) is 13.2 Å². The number of nitrogens with one attached hydrogen (secondary N) is 1. The molecule has 0 aliphatic carbocycles. The van der Waals surface area contributed by atoms with Crippen molar-refractivity contribution in [2.24, 2.45) is 10.6 Å².